The van der Waals surface area contributed by atoms with Crippen molar-refractivity contribution in [2.45, 2.75) is 45.6 Å². The van der Waals surface area contributed by atoms with Gasteiger partial charge in [0.05, 0.1) is 11.4 Å². The first-order valence-electron chi connectivity index (χ1n) is 10.2. The molecule has 2 aromatic carbocycles. The number of nitrogens with one attached hydrogen (secondary N) is 1. The van der Waals surface area contributed by atoms with E-state index in [2.05, 4.69) is 5.32 Å². The van der Waals surface area contributed by atoms with Crippen LogP contribution in [-0.2, 0) is 9.59 Å². The predicted octanol–water partition coefficient (Wildman–Crippen LogP) is 3.96. The molecule has 8 heteroatoms. The Balaban J connectivity index is 2.15. The van der Waals surface area contributed by atoms with Crippen LogP contribution in [0.2, 0.25) is 0 Å². The number of carbonyl (C=O) groups excluding carboxylic acids is 2. The number of phenolic OH excluding ortho intramolecular Hbond substituents is 1. The molecule has 3 rings (SSSR count). The van der Waals surface area contributed by atoms with Crippen molar-refractivity contribution in [2.75, 3.05) is 0 Å². The molecule has 0 aliphatic rings. The molecule has 1 aromatic heterocycles. The molecule has 0 fully saturated rings. The van der Waals surface area contributed by atoms with E-state index in [1.165, 1.54) is 41.8 Å². The van der Waals surface area contributed by atoms with Crippen molar-refractivity contribution in [1.29, 1.82) is 0 Å². The number of fused-ring (bicyclic) bond motifs is 1. The Morgan fingerprint density at radius 2 is 1.88 bits per heavy atom. The number of halogens is 1. The Bertz CT molecular complexity index is 1230. The van der Waals surface area contributed by atoms with Gasteiger partial charge in [-0.05, 0) is 69.2 Å². The Hall–Kier alpha value is -3.68. The molecular weight excluding hydrogens is 415 g/mol. The number of nitrogens with zero attached hydrogens (tertiary/aromatic N) is 1. The lowest BCUT2D eigenvalue weighted by Crippen LogP contribution is -2.52. The number of aromatic nitrogens is 1. The number of aromatic hydroxyl groups is 1. The number of hydrogen-bond acceptors (Lipinski definition) is 4. The molecule has 3 aromatic rings. The van der Waals surface area contributed by atoms with Crippen LogP contribution in [-0.4, -0.2) is 38.1 Å². The topological polar surface area (TPSA) is 109 Å². The molecule has 0 saturated heterocycles. The number of carboxylic acids is 1. The fraction of sp³-hybridized carbons (Fsp3) is 0.292. The quantitative estimate of drug-likeness (QED) is 0.538. The number of aliphatic carboxylic acids is 1. The highest BCUT2D eigenvalue weighted by Gasteiger charge is 2.35. The van der Waals surface area contributed by atoms with E-state index in [0.717, 1.165) is 6.07 Å². The summed E-state index contributed by atoms with van der Waals surface area (Å²) < 4.78 is 15.1. The van der Waals surface area contributed by atoms with Gasteiger partial charge < -0.3 is 15.5 Å². The zero-order valence-electron chi connectivity index (χ0n) is 18.3. The molecule has 1 amide bonds. The Morgan fingerprint density at radius 1 is 1.19 bits per heavy atom. The highest BCUT2D eigenvalue weighted by molar-refractivity contribution is 6.05. The van der Waals surface area contributed by atoms with Crippen molar-refractivity contribution >= 4 is 28.7 Å². The maximum Gasteiger partial charge on any atom is 0.329 e. The van der Waals surface area contributed by atoms with Crippen LogP contribution < -0.4 is 5.32 Å². The van der Waals surface area contributed by atoms with E-state index in [9.17, 15) is 29.0 Å². The standard InChI is InChI=1S/C24H25FN2O5/c1-5-24(4,23(31)32)26-21(29)13(2)20-14(3)27(19-10-9-17(28)12-18(19)20)22(30)15-7-6-8-16(25)11-15/h6-13,28H,5H2,1-4H3,(H,26,29)(H,31,32)/t13-,24?/m1/s1. The molecule has 0 saturated carbocycles. The Kier molecular flexibility index (Phi) is 6.07. The minimum Gasteiger partial charge on any atom is -0.508 e. The van der Waals surface area contributed by atoms with Gasteiger partial charge in [-0.25, -0.2) is 9.18 Å². The number of carboxylic acid groups (broad SMARTS) is 1. The number of benzene rings is 2. The number of hydrogen-bond donors (Lipinski definition) is 3. The summed E-state index contributed by atoms with van der Waals surface area (Å²) in [5.74, 6) is -3.60. The minimum absolute atomic E-state index is 0.0503. The fourth-order valence-corrected chi connectivity index (χ4v) is 3.79. The van der Waals surface area contributed by atoms with Crippen LogP contribution in [0.5, 0.6) is 5.75 Å². The molecule has 0 aliphatic heterocycles. The molecule has 1 heterocycles. The van der Waals surface area contributed by atoms with Crippen LogP contribution in [0.15, 0.2) is 42.5 Å². The summed E-state index contributed by atoms with van der Waals surface area (Å²) in [5, 5.41) is 22.6. The van der Waals surface area contributed by atoms with Crippen LogP contribution in [0, 0.1) is 12.7 Å². The van der Waals surface area contributed by atoms with Crippen molar-refractivity contribution < 1.29 is 29.0 Å². The van der Waals surface area contributed by atoms with Crippen molar-refractivity contribution in [3.63, 3.8) is 0 Å². The van der Waals surface area contributed by atoms with E-state index < -0.39 is 35.1 Å². The highest BCUT2D eigenvalue weighted by atomic mass is 19.1. The van der Waals surface area contributed by atoms with E-state index in [4.69, 9.17) is 0 Å². The van der Waals surface area contributed by atoms with Crippen molar-refractivity contribution in [2.24, 2.45) is 0 Å². The van der Waals surface area contributed by atoms with Gasteiger partial charge in [-0.1, -0.05) is 13.0 Å². The van der Waals surface area contributed by atoms with Crippen LogP contribution in [0.1, 0.15) is 54.7 Å². The average Bonchev–Trinajstić information content (AvgIpc) is 3.03. The second-order valence-corrected chi connectivity index (χ2v) is 8.05. The van der Waals surface area contributed by atoms with Gasteiger partial charge in [0.1, 0.15) is 17.1 Å². The van der Waals surface area contributed by atoms with Crippen LogP contribution in [0.4, 0.5) is 4.39 Å². The molecule has 0 bridgehead atoms. The van der Waals surface area contributed by atoms with E-state index >= 15 is 0 Å². The molecule has 0 aliphatic carbocycles. The lowest BCUT2D eigenvalue weighted by Gasteiger charge is -2.26. The molecule has 168 valence electrons. The van der Waals surface area contributed by atoms with Crippen molar-refractivity contribution in [3.05, 3.63) is 65.1 Å². The minimum atomic E-state index is -1.45. The van der Waals surface area contributed by atoms with Gasteiger partial charge in [0.25, 0.3) is 5.91 Å². The summed E-state index contributed by atoms with van der Waals surface area (Å²) in [6.45, 7) is 6.35. The molecule has 0 spiro atoms. The SMILES string of the molecule is CCC(C)(NC(=O)[C@H](C)c1c(C)n(C(=O)c2cccc(F)c2)c2ccc(O)cc12)C(=O)O. The van der Waals surface area contributed by atoms with Crippen LogP contribution >= 0.6 is 0 Å². The Labute approximate surface area is 184 Å². The largest absolute Gasteiger partial charge is 0.508 e. The van der Waals surface area contributed by atoms with Gasteiger partial charge in [-0.2, -0.15) is 0 Å². The number of rotatable bonds is 6. The van der Waals surface area contributed by atoms with Crippen molar-refractivity contribution in [1.82, 2.24) is 9.88 Å². The zero-order chi connectivity index (χ0) is 23.8. The number of phenols is 1. The summed E-state index contributed by atoms with van der Waals surface area (Å²) in [6, 6.07) is 9.72. The zero-order valence-corrected chi connectivity index (χ0v) is 18.3. The van der Waals surface area contributed by atoms with E-state index in [1.54, 1.807) is 26.8 Å². The van der Waals surface area contributed by atoms with E-state index in [-0.39, 0.29) is 17.7 Å². The van der Waals surface area contributed by atoms with E-state index in [0.29, 0.717) is 22.2 Å². The summed E-state index contributed by atoms with van der Waals surface area (Å²) in [6.07, 6.45) is 0.181. The van der Waals surface area contributed by atoms with Gasteiger partial charge in [0.15, 0.2) is 0 Å². The number of carbonyl (C=O) groups is 3. The monoisotopic (exact) mass is 440 g/mol. The van der Waals surface area contributed by atoms with E-state index in [1.807, 2.05) is 0 Å². The van der Waals surface area contributed by atoms with Crippen molar-refractivity contribution in [3.8, 4) is 5.75 Å². The third-order valence-electron chi connectivity index (χ3n) is 5.92. The van der Waals surface area contributed by atoms with Gasteiger partial charge in [-0.15, -0.1) is 0 Å². The second-order valence-electron chi connectivity index (χ2n) is 8.05. The summed E-state index contributed by atoms with van der Waals surface area (Å²) in [4.78, 5) is 37.9. The smallest absolute Gasteiger partial charge is 0.329 e. The molecular formula is C24H25FN2O5. The molecule has 0 radical (unpaired) electrons. The lowest BCUT2D eigenvalue weighted by atomic mass is 9.93. The fourth-order valence-electron chi connectivity index (χ4n) is 3.79. The highest BCUT2D eigenvalue weighted by Crippen LogP contribution is 2.35. The average molecular weight is 440 g/mol. The third kappa shape index (κ3) is 3.95. The first kappa shape index (κ1) is 23.0. The molecule has 3 N–H and O–H groups in total. The summed E-state index contributed by atoms with van der Waals surface area (Å²) in [7, 11) is 0. The van der Waals surface area contributed by atoms with Gasteiger partial charge in [-0.3, -0.25) is 14.2 Å². The van der Waals surface area contributed by atoms with Gasteiger partial charge in [0.2, 0.25) is 5.91 Å². The maximum atomic E-state index is 13.7. The third-order valence-corrected chi connectivity index (χ3v) is 5.92. The van der Waals surface area contributed by atoms with Gasteiger partial charge in [0, 0.05) is 16.6 Å². The number of amides is 1. The maximum absolute atomic E-state index is 13.7. The first-order chi connectivity index (χ1) is 15.0. The first-order valence-corrected chi connectivity index (χ1v) is 10.2. The molecule has 7 nitrogen and oxygen atoms in total. The van der Waals surface area contributed by atoms with Crippen LogP contribution in [0.25, 0.3) is 10.9 Å². The summed E-state index contributed by atoms with van der Waals surface area (Å²) in [5.41, 5.74) is 0.0434. The van der Waals surface area contributed by atoms with Crippen LogP contribution in [0.3, 0.4) is 0 Å². The predicted molar refractivity (Wildman–Crippen MR) is 117 cm³/mol. The summed E-state index contributed by atoms with van der Waals surface area (Å²) >= 11 is 0. The lowest BCUT2D eigenvalue weighted by molar-refractivity contribution is -0.147. The Morgan fingerprint density at radius 3 is 2.47 bits per heavy atom. The molecule has 32 heavy (non-hydrogen) atoms. The normalized spacial score (nSPS) is 14.0. The second kappa shape index (κ2) is 8.45. The van der Waals surface area contributed by atoms with Gasteiger partial charge >= 0.3 is 5.97 Å². The molecule has 2 atom stereocenters. The molecule has 1 unspecified atom stereocenters.